The Hall–Kier alpha value is -4.54. The molecule has 2 amide bonds. The number of amides is 2. The molecule has 2 aromatic heterocycles. The van der Waals surface area contributed by atoms with E-state index in [1.54, 1.807) is 32.2 Å². The molecule has 0 spiro atoms. The molecule has 4 aromatic rings. The van der Waals surface area contributed by atoms with Gasteiger partial charge in [-0.25, -0.2) is 0 Å². The third-order valence-electron chi connectivity index (χ3n) is 5.41. The van der Waals surface area contributed by atoms with Crippen LogP contribution in [0.2, 0.25) is 0 Å². The van der Waals surface area contributed by atoms with Crippen LogP contribution >= 0.6 is 0 Å². The van der Waals surface area contributed by atoms with Crippen LogP contribution in [0.4, 0.5) is 5.69 Å². The van der Waals surface area contributed by atoms with Crippen molar-refractivity contribution in [1.82, 2.24) is 30.6 Å². The Balaban J connectivity index is 1.30. The monoisotopic (exact) mass is 459 g/mol. The lowest BCUT2D eigenvalue weighted by Crippen LogP contribution is -2.49. The van der Waals surface area contributed by atoms with Crippen LogP contribution in [0.25, 0.3) is 11.4 Å². The molecule has 1 atom stereocenters. The molecular formula is C23H21N7O4. The molecule has 2 N–H and O–H groups in total. The Kier molecular flexibility index (Phi) is 5.50. The maximum atomic E-state index is 13.1. The minimum atomic E-state index is -0.913. The maximum Gasteiger partial charge on any atom is 0.289 e. The predicted octanol–water partition coefficient (Wildman–Crippen LogP) is 1.91. The van der Waals surface area contributed by atoms with Gasteiger partial charge in [-0.3, -0.25) is 9.59 Å². The number of aromatic nitrogens is 5. The smallest absolute Gasteiger partial charge is 0.289 e. The number of carbonyl (C=O) groups excluding carboxylic acids is 2. The van der Waals surface area contributed by atoms with Gasteiger partial charge < -0.3 is 24.5 Å². The number of nitrogens with one attached hydrogen (secondary N) is 2. The first-order chi connectivity index (χ1) is 16.5. The van der Waals surface area contributed by atoms with Gasteiger partial charge in [0.25, 0.3) is 11.8 Å². The summed E-state index contributed by atoms with van der Waals surface area (Å²) in [7, 11) is 1.62. The lowest BCUT2D eigenvalue weighted by atomic mass is 10.1. The van der Waals surface area contributed by atoms with E-state index in [4.69, 9.17) is 9.26 Å². The minimum Gasteiger partial charge on any atom is -0.489 e. The van der Waals surface area contributed by atoms with Crippen LogP contribution in [0.1, 0.15) is 27.9 Å². The summed E-state index contributed by atoms with van der Waals surface area (Å²) in [5.41, 5.74) is 2.24. The van der Waals surface area contributed by atoms with Crippen LogP contribution in [0.15, 0.2) is 53.1 Å². The molecule has 0 saturated carbocycles. The highest BCUT2D eigenvalue weighted by Crippen LogP contribution is 2.34. The number of likely N-dealkylation sites (N-methyl/N-ethyl adjacent to an activating group) is 1. The average molecular weight is 459 g/mol. The molecule has 0 unspecified atom stereocenters. The number of nitrogens with zero attached hydrogens (tertiary/aromatic N) is 5. The van der Waals surface area contributed by atoms with Crippen molar-refractivity contribution in [3.8, 4) is 17.1 Å². The van der Waals surface area contributed by atoms with Gasteiger partial charge in [-0.1, -0.05) is 35.5 Å². The highest BCUT2D eigenvalue weighted by atomic mass is 16.5. The van der Waals surface area contributed by atoms with Crippen molar-refractivity contribution in [2.24, 2.45) is 0 Å². The molecule has 0 radical (unpaired) electrons. The molecule has 11 heteroatoms. The summed E-state index contributed by atoms with van der Waals surface area (Å²) in [6, 6.07) is 14.1. The van der Waals surface area contributed by atoms with E-state index < -0.39 is 11.9 Å². The van der Waals surface area contributed by atoms with Gasteiger partial charge in [0.05, 0.1) is 5.69 Å². The summed E-state index contributed by atoms with van der Waals surface area (Å²) in [4.78, 5) is 34.4. The normalized spacial score (nSPS) is 15.4. The average Bonchev–Trinajstić information content (AvgIpc) is 3.48. The number of ether oxygens (including phenoxy) is 1. The maximum absolute atomic E-state index is 13.1. The van der Waals surface area contributed by atoms with Crippen LogP contribution < -0.4 is 15.0 Å². The third-order valence-corrected chi connectivity index (χ3v) is 5.41. The fraction of sp³-hybridized carbons (Fsp3) is 0.217. The molecule has 34 heavy (non-hydrogen) atoms. The van der Waals surface area contributed by atoms with E-state index >= 15 is 0 Å². The van der Waals surface area contributed by atoms with Crippen molar-refractivity contribution >= 4 is 17.5 Å². The quantitative estimate of drug-likeness (QED) is 0.461. The van der Waals surface area contributed by atoms with Gasteiger partial charge in [0.2, 0.25) is 17.5 Å². The number of fused-ring (bicyclic) bond motifs is 1. The summed E-state index contributed by atoms with van der Waals surface area (Å²) in [6.07, 6.45) is 0.507. The highest BCUT2D eigenvalue weighted by molar-refractivity contribution is 6.02. The molecule has 0 saturated heterocycles. The second-order valence-electron chi connectivity index (χ2n) is 7.84. The summed E-state index contributed by atoms with van der Waals surface area (Å²) < 4.78 is 10.9. The SMILES string of the molecule is Cc1nc(-c2ccc3c(c2)N(C)C(=O)[C@@H](NC(=O)c2nnc(Cc4ccccc4)[nH]2)CO3)no1. The second-order valence-corrected chi connectivity index (χ2v) is 7.84. The molecular weight excluding hydrogens is 438 g/mol. The van der Waals surface area contributed by atoms with Gasteiger partial charge in [0.15, 0.2) is 0 Å². The number of anilines is 1. The fourth-order valence-electron chi connectivity index (χ4n) is 3.65. The molecule has 2 aromatic carbocycles. The number of rotatable bonds is 5. The zero-order valence-electron chi connectivity index (χ0n) is 18.5. The fourth-order valence-corrected chi connectivity index (χ4v) is 3.65. The number of hydrogen-bond donors (Lipinski definition) is 2. The summed E-state index contributed by atoms with van der Waals surface area (Å²) in [5, 5.41) is 14.6. The van der Waals surface area contributed by atoms with Crippen molar-refractivity contribution in [2.75, 3.05) is 18.6 Å². The number of carbonyl (C=O) groups is 2. The van der Waals surface area contributed by atoms with Gasteiger partial charge in [0.1, 0.15) is 24.2 Å². The number of aromatic amines is 1. The Morgan fingerprint density at radius 2 is 2.03 bits per heavy atom. The standard InChI is InChI=1S/C23H21N7O4/c1-13-24-20(29-34-13)15-8-9-18-17(11-15)30(2)23(32)16(12-33-18)25-22(31)21-26-19(27-28-21)10-14-6-4-3-5-7-14/h3-9,11,16H,10,12H2,1-2H3,(H,25,31)(H,26,27,28)/t16-/m0/s1. The topological polar surface area (TPSA) is 139 Å². The number of hydrogen-bond acceptors (Lipinski definition) is 8. The Morgan fingerprint density at radius 1 is 1.21 bits per heavy atom. The Bertz CT molecular complexity index is 1350. The van der Waals surface area contributed by atoms with E-state index in [9.17, 15) is 9.59 Å². The predicted molar refractivity (Wildman–Crippen MR) is 120 cm³/mol. The molecule has 1 aliphatic heterocycles. The minimum absolute atomic E-state index is 0.0258. The van der Waals surface area contributed by atoms with Gasteiger partial charge in [-0.05, 0) is 23.8 Å². The molecule has 1 aliphatic rings. The van der Waals surface area contributed by atoms with E-state index in [2.05, 4.69) is 30.6 Å². The molecule has 0 aliphatic carbocycles. The van der Waals surface area contributed by atoms with E-state index in [0.29, 0.717) is 41.0 Å². The second kappa shape index (κ2) is 8.77. The lowest BCUT2D eigenvalue weighted by molar-refractivity contribution is -0.120. The number of H-pyrrole nitrogens is 1. The first-order valence-electron chi connectivity index (χ1n) is 10.6. The van der Waals surface area contributed by atoms with E-state index in [0.717, 1.165) is 5.56 Å². The summed E-state index contributed by atoms with van der Waals surface area (Å²) in [5.74, 6) is 1.04. The van der Waals surface area contributed by atoms with Gasteiger partial charge >= 0.3 is 0 Å². The van der Waals surface area contributed by atoms with Crippen molar-refractivity contribution in [1.29, 1.82) is 0 Å². The van der Waals surface area contributed by atoms with Crippen molar-refractivity contribution in [3.63, 3.8) is 0 Å². The summed E-state index contributed by atoms with van der Waals surface area (Å²) in [6.45, 7) is 1.67. The van der Waals surface area contributed by atoms with Gasteiger partial charge in [-0.2, -0.15) is 4.98 Å². The Morgan fingerprint density at radius 3 is 2.79 bits per heavy atom. The van der Waals surface area contributed by atoms with Crippen molar-refractivity contribution < 1.29 is 18.8 Å². The first-order valence-corrected chi connectivity index (χ1v) is 10.6. The van der Waals surface area contributed by atoms with Crippen LogP contribution in [0.3, 0.4) is 0 Å². The van der Waals surface area contributed by atoms with E-state index in [-0.39, 0.29) is 18.3 Å². The molecule has 11 nitrogen and oxygen atoms in total. The van der Waals surface area contributed by atoms with Crippen LogP contribution in [0, 0.1) is 6.92 Å². The molecule has 3 heterocycles. The van der Waals surface area contributed by atoms with Gasteiger partial charge in [-0.15, -0.1) is 10.2 Å². The zero-order chi connectivity index (χ0) is 23.7. The van der Waals surface area contributed by atoms with Gasteiger partial charge in [0, 0.05) is 26.0 Å². The van der Waals surface area contributed by atoms with Crippen LogP contribution in [-0.2, 0) is 11.2 Å². The molecule has 0 bridgehead atoms. The lowest BCUT2D eigenvalue weighted by Gasteiger charge is -2.20. The number of aryl methyl sites for hydroxylation is 1. The summed E-state index contributed by atoms with van der Waals surface area (Å²) >= 11 is 0. The largest absolute Gasteiger partial charge is 0.489 e. The molecule has 5 rings (SSSR count). The van der Waals surface area contributed by atoms with E-state index in [1.165, 1.54) is 4.90 Å². The van der Waals surface area contributed by atoms with Crippen molar-refractivity contribution in [3.05, 3.63) is 71.6 Å². The van der Waals surface area contributed by atoms with E-state index in [1.807, 2.05) is 30.3 Å². The highest BCUT2D eigenvalue weighted by Gasteiger charge is 2.32. The Labute approximate surface area is 194 Å². The van der Waals surface area contributed by atoms with Crippen LogP contribution in [0.5, 0.6) is 5.75 Å². The zero-order valence-corrected chi connectivity index (χ0v) is 18.5. The third kappa shape index (κ3) is 4.22. The van der Waals surface area contributed by atoms with Crippen molar-refractivity contribution in [2.45, 2.75) is 19.4 Å². The van der Waals surface area contributed by atoms with Crippen LogP contribution in [-0.4, -0.2) is 56.8 Å². The number of benzene rings is 2. The molecule has 0 fully saturated rings. The molecule has 172 valence electrons. The first kappa shape index (κ1) is 21.3.